The van der Waals surface area contributed by atoms with Crippen molar-refractivity contribution in [2.24, 2.45) is 0 Å². The third kappa shape index (κ3) is 5.43. The maximum Gasteiger partial charge on any atom is 0.258 e. The Hall–Kier alpha value is -2.82. The second-order valence-corrected chi connectivity index (χ2v) is 5.53. The Morgan fingerprint density at radius 1 is 0.958 bits per heavy atom. The van der Waals surface area contributed by atoms with E-state index in [2.05, 4.69) is 10.6 Å². The van der Waals surface area contributed by atoms with Crippen molar-refractivity contribution < 1.29 is 14.3 Å². The molecule has 0 saturated carbocycles. The smallest absolute Gasteiger partial charge is 0.258 e. The molecule has 0 radical (unpaired) electrons. The average Bonchev–Trinajstić information content (AvgIpc) is 2.58. The third-order valence-electron chi connectivity index (χ3n) is 3.46. The lowest BCUT2D eigenvalue weighted by Gasteiger charge is -2.10. The van der Waals surface area contributed by atoms with Gasteiger partial charge in [0, 0.05) is 18.7 Å². The van der Waals surface area contributed by atoms with Crippen molar-refractivity contribution >= 4 is 11.8 Å². The summed E-state index contributed by atoms with van der Waals surface area (Å²) in [6.45, 7) is 4.62. The van der Waals surface area contributed by atoms with E-state index < -0.39 is 0 Å². The van der Waals surface area contributed by atoms with Crippen LogP contribution in [0.1, 0.15) is 21.5 Å². The fourth-order valence-electron chi connectivity index (χ4n) is 2.23. The first-order valence-electron chi connectivity index (χ1n) is 7.86. The van der Waals surface area contributed by atoms with Crippen molar-refractivity contribution in [1.82, 2.24) is 10.6 Å². The van der Waals surface area contributed by atoms with E-state index in [1.807, 2.05) is 38.1 Å². The monoisotopic (exact) mass is 326 g/mol. The van der Waals surface area contributed by atoms with Crippen LogP contribution in [0.15, 0.2) is 48.5 Å². The molecule has 5 heteroatoms. The molecule has 2 N–H and O–H groups in total. The van der Waals surface area contributed by atoms with Crippen LogP contribution in [0.5, 0.6) is 5.75 Å². The SMILES string of the molecule is Cc1ccc(OCC(=O)NCCNC(=O)c2ccccc2)c(C)c1. The minimum atomic E-state index is -0.219. The number of rotatable bonds is 7. The minimum absolute atomic E-state index is 0.0451. The highest BCUT2D eigenvalue weighted by molar-refractivity contribution is 5.94. The lowest BCUT2D eigenvalue weighted by atomic mass is 10.1. The zero-order valence-corrected chi connectivity index (χ0v) is 14.0. The molecule has 0 unspecified atom stereocenters. The van der Waals surface area contributed by atoms with Gasteiger partial charge in [0.05, 0.1) is 0 Å². The van der Waals surface area contributed by atoms with E-state index in [9.17, 15) is 9.59 Å². The van der Waals surface area contributed by atoms with Crippen molar-refractivity contribution in [3.63, 3.8) is 0 Å². The fourth-order valence-corrected chi connectivity index (χ4v) is 2.23. The first kappa shape index (κ1) is 17.5. The van der Waals surface area contributed by atoms with Gasteiger partial charge in [-0.2, -0.15) is 0 Å². The van der Waals surface area contributed by atoms with Gasteiger partial charge < -0.3 is 15.4 Å². The minimum Gasteiger partial charge on any atom is -0.484 e. The number of carbonyl (C=O) groups is 2. The van der Waals surface area contributed by atoms with Crippen molar-refractivity contribution in [3.05, 3.63) is 65.2 Å². The van der Waals surface area contributed by atoms with E-state index in [1.54, 1.807) is 24.3 Å². The Balaban J connectivity index is 1.65. The standard InChI is InChI=1S/C19H22N2O3/c1-14-8-9-17(15(2)12-14)24-13-18(22)20-10-11-21-19(23)16-6-4-3-5-7-16/h3-9,12H,10-11,13H2,1-2H3,(H,20,22)(H,21,23). The molecule has 0 aromatic heterocycles. The number of hydrogen-bond donors (Lipinski definition) is 2. The summed E-state index contributed by atoms with van der Waals surface area (Å²) in [5.74, 6) is 0.327. The van der Waals surface area contributed by atoms with Gasteiger partial charge in [0.2, 0.25) is 0 Å². The van der Waals surface area contributed by atoms with E-state index in [-0.39, 0.29) is 18.4 Å². The molecule has 0 fully saturated rings. The first-order valence-corrected chi connectivity index (χ1v) is 7.86. The number of hydrogen-bond acceptors (Lipinski definition) is 3. The Labute approximate surface area is 142 Å². The predicted octanol–water partition coefficient (Wildman–Crippen LogP) is 2.23. The van der Waals surface area contributed by atoms with E-state index in [1.165, 1.54) is 0 Å². The van der Waals surface area contributed by atoms with Gasteiger partial charge in [0.25, 0.3) is 11.8 Å². The van der Waals surface area contributed by atoms with E-state index in [0.29, 0.717) is 24.4 Å². The van der Waals surface area contributed by atoms with Crippen LogP contribution >= 0.6 is 0 Å². The lowest BCUT2D eigenvalue weighted by molar-refractivity contribution is -0.123. The molecule has 0 saturated heterocycles. The van der Waals surface area contributed by atoms with Crippen molar-refractivity contribution in [3.8, 4) is 5.75 Å². The second kappa shape index (κ2) is 8.72. The maximum absolute atomic E-state index is 11.8. The third-order valence-corrected chi connectivity index (χ3v) is 3.46. The predicted molar refractivity (Wildman–Crippen MR) is 93.2 cm³/mol. The molecule has 0 spiro atoms. The molecule has 0 atom stereocenters. The van der Waals surface area contributed by atoms with E-state index in [0.717, 1.165) is 11.1 Å². The zero-order chi connectivity index (χ0) is 17.4. The molecule has 126 valence electrons. The highest BCUT2D eigenvalue weighted by Gasteiger charge is 2.06. The number of carbonyl (C=O) groups excluding carboxylic acids is 2. The molecule has 0 aliphatic carbocycles. The molecular formula is C19H22N2O3. The summed E-state index contributed by atoms with van der Waals surface area (Å²) in [5.41, 5.74) is 2.75. The molecule has 2 amide bonds. The molecule has 2 aromatic rings. The quantitative estimate of drug-likeness (QED) is 0.767. The number of aryl methyl sites for hydroxylation is 2. The second-order valence-electron chi connectivity index (χ2n) is 5.53. The van der Waals surface area contributed by atoms with Gasteiger partial charge in [-0.1, -0.05) is 35.9 Å². The van der Waals surface area contributed by atoms with E-state index in [4.69, 9.17) is 4.74 Å². The summed E-state index contributed by atoms with van der Waals surface area (Å²) in [7, 11) is 0. The van der Waals surface area contributed by atoms with Gasteiger partial charge in [-0.25, -0.2) is 0 Å². The van der Waals surface area contributed by atoms with Gasteiger partial charge in [0.1, 0.15) is 5.75 Å². The van der Waals surface area contributed by atoms with Gasteiger partial charge in [-0.3, -0.25) is 9.59 Å². The first-order chi connectivity index (χ1) is 11.6. The summed E-state index contributed by atoms with van der Waals surface area (Å²) >= 11 is 0. The molecule has 2 aromatic carbocycles. The normalized spacial score (nSPS) is 10.1. The number of benzene rings is 2. The number of ether oxygens (including phenoxy) is 1. The topological polar surface area (TPSA) is 67.4 Å². The Morgan fingerprint density at radius 3 is 2.38 bits per heavy atom. The number of amides is 2. The molecule has 0 aliphatic rings. The molecule has 0 heterocycles. The Kier molecular flexibility index (Phi) is 6.37. The zero-order valence-electron chi connectivity index (χ0n) is 14.0. The molecule has 0 bridgehead atoms. The Morgan fingerprint density at radius 2 is 1.67 bits per heavy atom. The van der Waals surface area contributed by atoms with Crippen LogP contribution < -0.4 is 15.4 Å². The highest BCUT2D eigenvalue weighted by atomic mass is 16.5. The maximum atomic E-state index is 11.8. The van der Waals surface area contributed by atoms with Crippen molar-refractivity contribution in [1.29, 1.82) is 0 Å². The summed E-state index contributed by atoms with van der Waals surface area (Å²) < 4.78 is 5.50. The van der Waals surface area contributed by atoms with Crippen LogP contribution in [0, 0.1) is 13.8 Å². The highest BCUT2D eigenvalue weighted by Crippen LogP contribution is 2.18. The fraction of sp³-hybridized carbons (Fsp3) is 0.263. The molecule has 24 heavy (non-hydrogen) atoms. The van der Waals surface area contributed by atoms with Gasteiger partial charge in [0.15, 0.2) is 6.61 Å². The lowest BCUT2D eigenvalue weighted by Crippen LogP contribution is -2.36. The summed E-state index contributed by atoms with van der Waals surface area (Å²) in [6, 6.07) is 14.8. The largest absolute Gasteiger partial charge is 0.484 e. The Bertz CT molecular complexity index is 699. The van der Waals surface area contributed by atoms with Crippen LogP contribution in [0.25, 0.3) is 0 Å². The van der Waals surface area contributed by atoms with Gasteiger partial charge in [-0.05, 0) is 37.6 Å². The van der Waals surface area contributed by atoms with Crippen LogP contribution in [-0.4, -0.2) is 31.5 Å². The summed E-state index contributed by atoms with van der Waals surface area (Å²) in [5, 5.41) is 5.46. The molecule has 0 aliphatic heterocycles. The molecular weight excluding hydrogens is 304 g/mol. The molecule has 2 rings (SSSR count). The summed E-state index contributed by atoms with van der Waals surface area (Å²) in [4.78, 5) is 23.6. The number of nitrogens with one attached hydrogen (secondary N) is 2. The van der Waals surface area contributed by atoms with Crippen LogP contribution in [0.2, 0.25) is 0 Å². The van der Waals surface area contributed by atoms with Crippen LogP contribution in [0.4, 0.5) is 0 Å². The van der Waals surface area contributed by atoms with Gasteiger partial charge >= 0.3 is 0 Å². The van der Waals surface area contributed by atoms with E-state index >= 15 is 0 Å². The van der Waals surface area contributed by atoms with Gasteiger partial charge in [-0.15, -0.1) is 0 Å². The average molecular weight is 326 g/mol. The van der Waals surface area contributed by atoms with Crippen molar-refractivity contribution in [2.45, 2.75) is 13.8 Å². The molecule has 5 nitrogen and oxygen atoms in total. The van der Waals surface area contributed by atoms with Crippen LogP contribution in [0.3, 0.4) is 0 Å². The summed E-state index contributed by atoms with van der Waals surface area (Å²) in [6.07, 6.45) is 0. The van der Waals surface area contributed by atoms with Crippen LogP contribution in [-0.2, 0) is 4.79 Å². The van der Waals surface area contributed by atoms with Crippen molar-refractivity contribution in [2.75, 3.05) is 19.7 Å².